The van der Waals surface area contributed by atoms with E-state index >= 15 is 0 Å². The van der Waals surface area contributed by atoms with E-state index in [1.54, 1.807) is 36.4 Å². The Morgan fingerprint density at radius 2 is 1.42 bits per heavy atom. The van der Waals surface area contributed by atoms with Crippen LogP contribution in [0.3, 0.4) is 0 Å². The number of hydrogen-bond donors (Lipinski definition) is 0. The average molecular weight is 401 g/mol. The number of halogens is 4. The number of imide groups is 1. The van der Waals surface area contributed by atoms with E-state index in [4.69, 9.17) is 46.4 Å². The minimum absolute atomic E-state index is 0.0808. The zero-order chi connectivity index (χ0) is 17.4. The van der Waals surface area contributed by atoms with Crippen LogP contribution in [0.15, 0.2) is 47.5 Å². The van der Waals surface area contributed by atoms with Crippen molar-refractivity contribution in [1.29, 1.82) is 0 Å². The van der Waals surface area contributed by atoms with Gasteiger partial charge in [0.25, 0.3) is 11.8 Å². The van der Waals surface area contributed by atoms with Crippen LogP contribution in [0.5, 0.6) is 0 Å². The Balaban J connectivity index is 1.94. The summed E-state index contributed by atoms with van der Waals surface area (Å²) < 4.78 is 0. The second kappa shape index (κ2) is 6.77. The molecule has 2 aromatic rings. The van der Waals surface area contributed by atoms with E-state index < -0.39 is 11.8 Å². The van der Waals surface area contributed by atoms with Gasteiger partial charge in [-0.3, -0.25) is 14.5 Å². The third-order valence-electron chi connectivity index (χ3n) is 3.57. The van der Waals surface area contributed by atoms with Crippen molar-refractivity contribution in [2.75, 3.05) is 0 Å². The Labute approximate surface area is 158 Å². The van der Waals surface area contributed by atoms with E-state index in [2.05, 4.69) is 0 Å². The van der Waals surface area contributed by atoms with Gasteiger partial charge < -0.3 is 0 Å². The third-order valence-corrected chi connectivity index (χ3v) is 4.72. The summed E-state index contributed by atoms with van der Waals surface area (Å²) in [6.07, 6.45) is 0. The molecular weight excluding hydrogens is 392 g/mol. The van der Waals surface area contributed by atoms with Crippen LogP contribution in [0.4, 0.5) is 0 Å². The van der Waals surface area contributed by atoms with E-state index in [1.807, 2.05) is 0 Å². The monoisotopic (exact) mass is 399 g/mol. The summed E-state index contributed by atoms with van der Waals surface area (Å²) in [5.74, 6) is -1.05. The molecule has 1 aliphatic rings. The quantitative estimate of drug-likeness (QED) is 0.666. The molecule has 3 rings (SSSR count). The van der Waals surface area contributed by atoms with Gasteiger partial charge in [-0.25, -0.2) is 0 Å². The van der Waals surface area contributed by atoms with Crippen molar-refractivity contribution >= 4 is 63.8 Å². The molecule has 0 saturated carbocycles. The second-order valence-corrected chi connectivity index (χ2v) is 6.79. The fraction of sp³-hybridized carbons (Fsp3) is 0.0588. The molecule has 0 aromatic heterocycles. The molecule has 24 heavy (non-hydrogen) atoms. The molecule has 2 aromatic carbocycles. The molecule has 0 N–H and O–H groups in total. The molecule has 0 bridgehead atoms. The molecular formula is C17H9Cl4NO2. The Bertz CT molecular complexity index is 875. The van der Waals surface area contributed by atoms with Gasteiger partial charge >= 0.3 is 0 Å². The lowest BCUT2D eigenvalue weighted by molar-refractivity contribution is -0.137. The third kappa shape index (κ3) is 3.17. The Morgan fingerprint density at radius 3 is 2.04 bits per heavy atom. The van der Waals surface area contributed by atoms with Crippen LogP contribution in [-0.2, 0) is 16.1 Å². The zero-order valence-corrected chi connectivity index (χ0v) is 15.0. The largest absolute Gasteiger partial charge is 0.273 e. The minimum Gasteiger partial charge on any atom is -0.269 e. The van der Waals surface area contributed by atoms with Crippen molar-refractivity contribution < 1.29 is 9.59 Å². The summed E-state index contributed by atoms with van der Waals surface area (Å²) in [5.41, 5.74) is 1.22. The first-order valence-corrected chi connectivity index (χ1v) is 8.35. The number of rotatable bonds is 3. The van der Waals surface area contributed by atoms with Crippen LogP contribution in [-0.4, -0.2) is 16.7 Å². The maximum Gasteiger partial charge on any atom is 0.273 e. The van der Waals surface area contributed by atoms with Gasteiger partial charge in [0.05, 0.1) is 17.1 Å². The predicted molar refractivity (Wildman–Crippen MR) is 96.2 cm³/mol. The van der Waals surface area contributed by atoms with Gasteiger partial charge in [-0.1, -0.05) is 64.6 Å². The van der Waals surface area contributed by atoms with Crippen molar-refractivity contribution in [3.8, 4) is 0 Å². The predicted octanol–water partition coefficient (Wildman–Crippen LogP) is 5.17. The zero-order valence-electron chi connectivity index (χ0n) is 12.0. The van der Waals surface area contributed by atoms with E-state index in [-0.39, 0.29) is 22.2 Å². The SMILES string of the molecule is O=C1C(Cl)=C(c2ccc(Cl)cc2Cl)C(=O)N1Cc1ccc(Cl)cc1. The Kier molecular flexibility index (Phi) is 4.88. The number of amides is 2. The Morgan fingerprint density at radius 1 is 0.792 bits per heavy atom. The van der Waals surface area contributed by atoms with Crippen LogP contribution < -0.4 is 0 Å². The van der Waals surface area contributed by atoms with Gasteiger partial charge in [-0.2, -0.15) is 0 Å². The lowest BCUT2D eigenvalue weighted by Crippen LogP contribution is -2.30. The molecule has 3 nitrogen and oxygen atoms in total. The first-order valence-electron chi connectivity index (χ1n) is 6.84. The molecule has 122 valence electrons. The highest BCUT2D eigenvalue weighted by Gasteiger charge is 2.38. The molecule has 0 spiro atoms. The fourth-order valence-electron chi connectivity index (χ4n) is 2.39. The van der Waals surface area contributed by atoms with Gasteiger partial charge in [0.15, 0.2) is 0 Å². The van der Waals surface area contributed by atoms with E-state index in [1.165, 1.54) is 6.07 Å². The van der Waals surface area contributed by atoms with Gasteiger partial charge in [0, 0.05) is 15.6 Å². The average Bonchev–Trinajstić information content (AvgIpc) is 2.74. The lowest BCUT2D eigenvalue weighted by atomic mass is 10.1. The lowest BCUT2D eigenvalue weighted by Gasteiger charge is -2.15. The van der Waals surface area contributed by atoms with Crippen molar-refractivity contribution in [1.82, 2.24) is 4.90 Å². The smallest absolute Gasteiger partial charge is 0.269 e. The summed E-state index contributed by atoms with van der Waals surface area (Å²) in [7, 11) is 0. The summed E-state index contributed by atoms with van der Waals surface area (Å²) >= 11 is 24.0. The normalized spacial score (nSPS) is 14.8. The molecule has 1 heterocycles. The minimum atomic E-state index is -0.558. The van der Waals surface area contributed by atoms with E-state index in [9.17, 15) is 9.59 Å². The highest BCUT2D eigenvalue weighted by molar-refractivity contribution is 6.55. The molecule has 0 unspecified atom stereocenters. The first-order chi connectivity index (χ1) is 11.4. The van der Waals surface area contributed by atoms with Gasteiger partial charge in [0.1, 0.15) is 5.03 Å². The maximum atomic E-state index is 12.7. The number of benzene rings is 2. The topological polar surface area (TPSA) is 37.4 Å². The molecule has 7 heteroatoms. The molecule has 0 atom stereocenters. The standard InChI is InChI=1S/C17H9Cl4NO2/c18-10-3-1-9(2-4-10)8-22-16(23)14(15(21)17(22)24)12-6-5-11(19)7-13(12)20/h1-7H,8H2. The van der Waals surface area contributed by atoms with Crippen LogP contribution in [0.25, 0.3) is 5.57 Å². The van der Waals surface area contributed by atoms with Gasteiger partial charge in [0.2, 0.25) is 0 Å². The maximum absolute atomic E-state index is 12.7. The first kappa shape index (κ1) is 17.3. The van der Waals surface area contributed by atoms with Crippen molar-refractivity contribution in [2.45, 2.75) is 6.54 Å². The van der Waals surface area contributed by atoms with E-state index in [0.29, 0.717) is 15.6 Å². The number of carbonyl (C=O) groups excluding carboxylic acids is 2. The summed E-state index contributed by atoms with van der Waals surface area (Å²) in [4.78, 5) is 26.1. The van der Waals surface area contributed by atoms with Gasteiger partial charge in [-0.05, 0) is 29.8 Å². The molecule has 0 fully saturated rings. The fourth-order valence-corrected chi connectivity index (χ4v) is 3.30. The van der Waals surface area contributed by atoms with Crippen molar-refractivity contribution in [3.05, 3.63) is 73.7 Å². The van der Waals surface area contributed by atoms with E-state index in [0.717, 1.165) is 10.5 Å². The van der Waals surface area contributed by atoms with Crippen molar-refractivity contribution in [2.24, 2.45) is 0 Å². The number of carbonyl (C=O) groups is 2. The summed E-state index contributed by atoms with van der Waals surface area (Å²) in [6.45, 7) is 0.0970. The molecule has 2 amide bonds. The molecule has 0 radical (unpaired) electrons. The molecule has 0 aliphatic carbocycles. The summed E-state index contributed by atoms with van der Waals surface area (Å²) in [6, 6.07) is 11.5. The van der Waals surface area contributed by atoms with Crippen LogP contribution in [0, 0.1) is 0 Å². The van der Waals surface area contributed by atoms with Crippen LogP contribution >= 0.6 is 46.4 Å². The Hall–Kier alpha value is -1.52. The number of hydrogen-bond acceptors (Lipinski definition) is 2. The van der Waals surface area contributed by atoms with Crippen LogP contribution in [0.1, 0.15) is 11.1 Å². The molecule has 1 aliphatic heterocycles. The highest BCUT2D eigenvalue weighted by atomic mass is 35.5. The highest BCUT2D eigenvalue weighted by Crippen LogP contribution is 2.36. The van der Waals surface area contributed by atoms with Crippen molar-refractivity contribution in [3.63, 3.8) is 0 Å². The molecule has 0 saturated heterocycles. The number of nitrogens with zero attached hydrogens (tertiary/aromatic N) is 1. The summed E-state index contributed by atoms with van der Waals surface area (Å²) in [5, 5.41) is 1.10. The van der Waals surface area contributed by atoms with Crippen LogP contribution in [0.2, 0.25) is 15.1 Å². The van der Waals surface area contributed by atoms with Gasteiger partial charge in [-0.15, -0.1) is 0 Å². The second-order valence-electron chi connectivity index (χ2n) is 5.14.